The number of nitrogens with zero attached hydrogens (tertiary/aromatic N) is 5. The first kappa shape index (κ1) is 19.3. The molecule has 3 rings (SSSR count). The number of piperazine rings is 1. The fourth-order valence-corrected chi connectivity index (χ4v) is 3.12. The second kappa shape index (κ2) is 8.93. The van der Waals surface area contributed by atoms with E-state index in [1.165, 1.54) is 18.3 Å². The lowest BCUT2D eigenvalue weighted by Gasteiger charge is -2.34. The third kappa shape index (κ3) is 4.81. The van der Waals surface area contributed by atoms with Crippen molar-refractivity contribution in [2.75, 3.05) is 48.8 Å². The number of benzene rings is 1. The lowest BCUT2D eigenvalue weighted by atomic mass is 10.2. The molecule has 2 aromatic rings. The van der Waals surface area contributed by atoms with Crippen LogP contribution in [0.1, 0.15) is 11.1 Å². The summed E-state index contributed by atoms with van der Waals surface area (Å²) in [6.07, 6.45) is 1.46. The van der Waals surface area contributed by atoms with Crippen LogP contribution in [0.5, 0.6) is 0 Å². The molecule has 1 aromatic carbocycles. The van der Waals surface area contributed by atoms with Gasteiger partial charge in [0.25, 0.3) is 0 Å². The van der Waals surface area contributed by atoms with E-state index in [-0.39, 0.29) is 17.7 Å². The molecule has 0 aliphatic carbocycles. The minimum atomic E-state index is -0.647. The van der Waals surface area contributed by atoms with Gasteiger partial charge in [0.1, 0.15) is 29.1 Å². The molecular weight excluding hydrogens is 374 g/mol. The van der Waals surface area contributed by atoms with Crippen molar-refractivity contribution in [3.05, 3.63) is 47.2 Å². The molecule has 1 fully saturated rings. The van der Waals surface area contributed by atoms with Gasteiger partial charge in [-0.15, -0.1) is 11.6 Å². The Morgan fingerprint density at radius 3 is 2.67 bits per heavy atom. The van der Waals surface area contributed by atoms with Crippen LogP contribution in [-0.2, 0) is 6.54 Å². The standard InChI is InChI=1S/C18H19ClF2N6/c19-3-4-26-5-7-27(8-6-26)18-24-12-14(10-22)17(25-18)23-11-13-1-2-15(20)9-16(13)21/h1-2,9,12H,3-8,11H2,(H,23,24,25). The van der Waals surface area contributed by atoms with E-state index in [0.29, 0.717) is 17.6 Å². The van der Waals surface area contributed by atoms with Gasteiger partial charge in [0, 0.05) is 56.8 Å². The van der Waals surface area contributed by atoms with Crippen molar-refractivity contribution in [1.82, 2.24) is 14.9 Å². The molecule has 2 heterocycles. The first-order chi connectivity index (χ1) is 13.1. The SMILES string of the molecule is N#Cc1cnc(N2CCN(CCCl)CC2)nc1NCc1ccc(F)cc1F. The molecule has 0 radical (unpaired) electrons. The second-order valence-corrected chi connectivity index (χ2v) is 6.53. The van der Waals surface area contributed by atoms with Crippen molar-refractivity contribution in [3.8, 4) is 6.07 Å². The van der Waals surface area contributed by atoms with Crippen molar-refractivity contribution >= 4 is 23.4 Å². The largest absolute Gasteiger partial charge is 0.365 e. The van der Waals surface area contributed by atoms with E-state index in [1.54, 1.807) is 0 Å². The van der Waals surface area contributed by atoms with E-state index in [2.05, 4.69) is 20.2 Å². The monoisotopic (exact) mass is 392 g/mol. The molecular formula is C18H19ClF2N6. The number of nitriles is 1. The summed E-state index contributed by atoms with van der Waals surface area (Å²) in [6.45, 7) is 4.17. The number of aromatic nitrogens is 2. The van der Waals surface area contributed by atoms with Crippen LogP contribution >= 0.6 is 11.6 Å². The van der Waals surface area contributed by atoms with Crippen molar-refractivity contribution in [3.63, 3.8) is 0 Å². The molecule has 1 N–H and O–H groups in total. The van der Waals surface area contributed by atoms with Crippen LogP contribution in [0.4, 0.5) is 20.5 Å². The average Bonchev–Trinajstić information content (AvgIpc) is 2.68. The third-order valence-corrected chi connectivity index (χ3v) is 4.58. The van der Waals surface area contributed by atoms with Crippen LogP contribution in [-0.4, -0.2) is 53.5 Å². The van der Waals surface area contributed by atoms with Crippen molar-refractivity contribution in [2.45, 2.75) is 6.54 Å². The molecule has 0 saturated carbocycles. The van der Waals surface area contributed by atoms with Gasteiger partial charge in [0.15, 0.2) is 0 Å². The zero-order chi connectivity index (χ0) is 19.2. The van der Waals surface area contributed by atoms with Crippen molar-refractivity contribution < 1.29 is 8.78 Å². The predicted molar refractivity (Wildman–Crippen MR) is 99.8 cm³/mol. The van der Waals surface area contributed by atoms with Gasteiger partial charge < -0.3 is 10.2 Å². The number of hydrogen-bond donors (Lipinski definition) is 1. The first-order valence-corrected chi connectivity index (χ1v) is 9.12. The summed E-state index contributed by atoms with van der Waals surface area (Å²) in [6, 6.07) is 5.41. The Kier molecular flexibility index (Phi) is 6.37. The van der Waals surface area contributed by atoms with Gasteiger partial charge >= 0.3 is 0 Å². The smallest absolute Gasteiger partial charge is 0.227 e. The average molecular weight is 393 g/mol. The van der Waals surface area contributed by atoms with Gasteiger partial charge in [-0.1, -0.05) is 6.07 Å². The van der Waals surface area contributed by atoms with Crippen LogP contribution in [0.15, 0.2) is 24.4 Å². The molecule has 0 atom stereocenters. The summed E-state index contributed by atoms with van der Waals surface area (Å²) in [5.74, 6) is 0.162. The minimum Gasteiger partial charge on any atom is -0.365 e. The highest BCUT2D eigenvalue weighted by molar-refractivity contribution is 6.18. The molecule has 6 nitrogen and oxygen atoms in total. The van der Waals surface area contributed by atoms with E-state index >= 15 is 0 Å². The summed E-state index contributed by atoms with van der Waals surface area (Å²) in [7, 11) is 0. The first-order valence-electron chi connectivity index (χ1n) is 8.59. The molecule has 0 unspecified atom stereocenters. The van der Waals surface area contributed by atoms with Crippen molar-refractivity contribution in [2.24, 2.45) is 0 Å². The van der Waals surface area contributed by atoms with Gasteiger partial charge in [-0.3, -0.25) is 4.90 Å². The highest BCUT2D eigenvalue weighted by atomic mass is 35.5. The molecule has 1 aliphatic heterocycles. The summed E-state index contributed by atoms with van der Waals surface area (Å²) < 4.78 is 26.8. The number of alkyl halides is 1. The zero-order valence-electron chi connectivity index (χ0n) is 14.6. The van der Waals surface area contributed by atoms with E-state index in [9.17, 15) is 14.0 Å². The van der Waals surface area contributed by atoms with Crippen molar-refractivity contribution in [1.29, 1.82) is 5.26 Å². The molecule has 1 saturated heterocycles. The Balaban J connectivity index is 1.71. The molecule has 0 spiro atoms. The maximum absolute atomic E-state index is 13.8. The number of nitrogens with one attached hydrogen (secondary N) is 1. The third-order valence-electron chi connectivity index (χ3n) is 4.41. The number of anilines is 2. The Morgan fingerprint density at radius 1 is 1.22 bits per heavy atom. The Labute approximate surface area is 161 Å². The molecule has 1 aromatic heterocycles. The molecule has 0 bridgehead atoms. The Bertz CT molecular complexity index is 833. The number of rotatable bonds is 6. The van der Waals surface area contributed by atoms with Crippen LogP contribution < -0.4 is 10.2 Å². The lowest BCUT2D eigenvalue weighted by molar-refractivity contribution is 0.271. The van der Waals surface area contributed by atoms with Gasteiger partial charge in [-0.05, 0) is 6.07 Å². The molecule has 0 amide bonds. The van der Waals surface area contributed by atoms with Crippen LogP contribution in [0, 0.1) is 23.0 Å². The fourth-order valence-electron chi connectivity index (χ4n) is 2.88. The van der Waals surface area contributed by atoms with Gasteiger partial charge in [0.2, 0.25) is 5.95 Å². The topological polar surface area (TPSA) is 68.1 Å². The van der Waals surface area contributed by atoms with E-state index in [1.807, 2.05) is 11.0 Å². The van der Waals surface area contributed by atoms with Gasteiger partial charge in [-0.25, -0.2) is 13.8 Å². The molecule has 27 heavy (non-hydrogen) atoms. The van der Waals surface area contributed by atoms with Gasteiger partial charge in [-0.2, -0.15) is 10.2 Å². The van der Waals surface area contributed by atoms with E-state index < -0.39 is 11.6 Å². The minimum absolute atomic E-state index is 0.0841. The van der Waals surface area contributed by atoms with Crippen LogP contribution in [0.2, 0.25) is 0 Å². The second-order valence-electron chi connectivity index (χ2n) is 6.15. The summed E-state index contributed by atoms with van der Waals surface area (Å²) in [5, 5.41) is 12.2. The van der Waals surface area contributed by atoms with Gasteiger partial charge in [0.05, 0.1) is 6.20 Å². The van der Waals surface area contributed by atoms with Crippen LogP contribution in [0.25, 0.3) is 0 Å². The quantitative estimate of drug-likeness (QED) is 0.762. The molecule has 9 heteroatoms. The normalized spacial score (nSPS) is 14.8. The maximum atomic E-state index is 13.8. The van der Waals surface area contributed by atoms with Crippen LogP contribution in [0.3, 0.4) is 0 Å². The fraction of sp³-hybridized carbons (Fsp3) is 0.389. The summed E-state index contributed by atoms with van der Waals surface area (Å²) in [4.78, 5) is 13.0. The molecule has 1 aliphatic rings. The Hall–Kier alpha value is -2.50. The predicted octanol–water partition coefficient (Wildman–Crippen LogP) is 2.60. The highest BCUT2D eigenvalue weighted by Crippen LogP contribution is 2.19. The maximum Gasteiger partial charge on any atom is 0.227 e. The molecule has 142 valence electrons. The van der Waals surface area contributed by atoms with E-state index in [4.69, 9.17) is 11.6 Å². The highest BCUT2D eigenvalue weighted by Gasteiger charge is 2.19. The Morgan fingerprint density at radius 2 is 2.00 bits per heavy atom. The van der Waals surface area contributed by atoms with E-state index in [0.717, 1.165) is 38.8 Å². The number of hydrogen-bond acceptors (Lipinski definition) is 6. The summed E-state index contributed by atoms with van der Waals surface area (Å²) in [5.41, 5.74) is 0.553. The number of halogens is 3. The summed E-state index contributed by atoms with van der Waals surface area (Å²) >= 11 is 5.78. The zero-order valence-corrected chi connectivity index (χ0v) is 15.4. The lowest BCUT2D eigenvalue weighted by Crippen LogP contribution is -2.47.